The number of fused-ring (bicyclic) bond motifs is 1. The van der Waals surface area contributed by atoms with E-state index >= 15 is 0 Å². The zero-order chi connectivity index (χ0) is 13.0. The maximum absolute atomic E-state index is 5.79. The molecule has 0 aromatic rings. The molecule has 18 heavy (non-hydrogen) atoms. The van der Waals surface area contributed by atoms with Crippen LogP contribution in [-0.2, 0) is 4.74 Å². The van der Waals surface area contributed by atoms with Crippen LogP contribution < -0.4 is 4.74 Å². The van der Waals surface area contributed by atoms with Gasteiger partial charge in [0.15, 0.2) is 0 Å². The molecule has 0 N–H and O–H groups in total. The van der Waals surface area contributed by atoms with Crippen LogP contribution in [0.1, 0.15) is 25.3 Å². The van der Waals surface area contributed by atoms with Crippen molar-refractivity contribution in [3.8, 4) is 16.9 Å². The summed E-state index contributed by atoms with van der Waals surface area (Å²) in [6.45, 7) is 5.60. The lowest BCUT2D eigenvalue weighted by molar-refractivity contribution is 0.146. The number of hydrogen-bond acceptors (Lipinski definition) is 2. The minimum Gasteiger partial charge on any atom is -0.491 e. The Morgan fingerprint density at radius 2 is 1.89 bits per heavy atom. The lowest BCUT2D eigenvalue weighted by atomic mass is 10.0. The van der Waals surface area contributed by atoms with E-state index < -0.39 is 0 Å². The summed E-state index contributed by atoms with van der Waals surface area (Å²) in [4.78, 5) is 0. The van der Waals surface area contributed by atoms with E-state index in [4.69, 9.17) is 9.47 Å². The van der Waals surface area contributed by atoms with Crippen molar-refractivity contribution < 1.29 is 9.47 Å². The molecule has 0 unspecified atom stereocenters. The van der Waals surface area contributed by atoms with Crippen molar-refractivity contribution in [2.75, 3.05) is 20.3 Å². The Balaban J connectivity index is 2.33. The van der Waals surface area contributed by atoms with E-state index in [1.807, 2.05) is 0 Å². The van der Waals surface area contributed by atoms with Gasteiger partial charge >= 0.3 is 0 Å². The van der Waals surface area contributed by atoms with Crippen LogP contribution in [0.25, 0.3) is 11.1 Å². The maximum Gasteiger partial charge on any atom is 0.127 e. The fraction of sp³-hybridized carbons (Fsp3) is 0.375. The summed E-state index contributed by atoms with van der Waals surface area (Å²) < 4.78 is 10.8. The van der Waals surface area contributed by atoms with Crippen LogP contribution in [0.15, 0.2) is 36.4 Å². The predicted molar refractivity (Wildman–Crippen MR) is 74.5 cm³/mol. The third kappa shape index (κ3) is 2.82. The van der Waals surface area contributed by atoms with E-state index in [0.29, 0.717) is 19.1 Å². The highest BCUT2D eigenvalue weighted by Gasteiger charge is 2.10. The van der Waals surface area contributed by atoms with Crippen LogP contribution in [0.4, 0.5) is 0 Å². The fourth-order valence-corrected chi connectivity index (χ4v) is 1.99. The molecule has 0 aromatic carbocycles. The molecule has 0 spiro atoms. The molecule has 0 atom stereocenters. The van der Waals surface area contributed by atoms with Gasteiger partial charge in [-0.25, -0.2) is 0 Å². The van der Waals surface area contributed by atoms with Gasteiger partial charge in [-0.15, -0.1) is 0 Å². The second-order valence-electron chi connectivity index (χ2n) is 4.73. The first-order valence-corrected chi connectivity index (χ1v) is 6.37. The molecule has 96 valence electrons. The van der Waals surface area contributed by atoms with Crippen molar-refractivity contribution in [3.63, 3.8) is 0 Å². The number of methoxy groups -OCH3 is 1. The van der Waals surface area contributed by atoms with Crippen LogP contribution in [-0.4, -0.2) is 20.3 Å². The van der Waals surface area contributed by atoms with Gasteiger partial charge in [-0.2, -0.15) is 0 Å². The molecule has 2 aliphatic rings. The molecule has 0 bridgehead atoms. The van der Waals surface area contributed by atoms with Gasteiger partial charge < -0.3 is 9.47 Å². The highest BCUT2D eigenvalue weighted by molar-refractivity contribution is 5.73. The highest BCUT2D eigenvalue weighted by Crippen LogP contribution is 2.33. The predicted octanol–water partition coefficient (Wildman–Crippen LogP) is 3.94. The average Bonchev–Trinajstić information content (AvgIpc) is 2.73. The Kier molecular flexibility index (Phi) is 4.21. The summed E-state index contributed by atoms with van der Waals surface area (Å²) in [7, 11) is 1.68. The largest absolute Gasteiger partial charge is 0.491 e. The van der Waals surface area contributed by atoms with Crippen LogP contribution >= 0.6 is 0 Å². The summed E-state index contributed by atoms with van der Waals surface area (Å²) in [6, 6.07) is 12.7. The van der Waals surface area contributed by atoms with Gasteiger partial charge in [-0.1, -0.05) is 44.2 Å². The SMILES string of the molecule is COCCOc1ccc(C(C)C)cc2cccc1-2. The van der Waals surface area contributed by atoms with Crippen LogP contribution in [0, 0.1) is 0 Å². The van der Waals surface area contributed by atoms with Gasteiger partial charge in [0.1, 0.15) is 12.4 Å². The molecule has 0 fully saturated rings. The molecular formula is C16H20O2. The third-order valence-electron chi connectivity index (χ3n) is 3.08. The van der Waals surface area contributed by atoms with E-state index in [1.165, 1.54) is 11.1 Å². The maximum atomic E-state index is 5.79. The Morgan fingerprint density at radius 3 is 2.61 bits per heavy atom. The van der Waals surface area contributed by atoms with Crippen molar-refractivity contribution in [2.45, 2.75) is 19.8 Å². The van der Waals surface area contributed by atoms with Crippen LogP contribution in [0.2, 0.25) is 0 Å². The van der Waals surface area contributed by atoms with Gasteiger partial charge in [-0.05, 0) is 23.1 Å². The van der Waals surface area contributed by atoms with Crippen molar-refractivity contribution in [1.29, 1.82) is 0 Å². The van der Waals surface area contributed by atoms with Crippen LogP contribution in [0.3, 0.4) is 0 Å². The van der Waals surface area contributed by atoms with Crippen molar-refractivity contribution in [2.24, 2.45) is 0 Å². The molecule has 0 saturated carbocycles. The Labute approximate surface area is 109 Å². The molecule has 2 rings (SSSR count). The van der Waals surface area contributed by atoms with Gasteiger partial charge in [0.25, 0.3) is 0 Å². The number of hydrogen-bond donors (Lipinski definition) is 0. The Hall–Kier alpha value is -1.54. The quantitative estimate of drug-likeness (QED) is 0.742. The van der Waals surface area contributed by atoms with E-state index in [1.54, 1.807) is 7.11 Å². The Bertz CT molecular complexity index is 477. The van der Waals surface area contributed by atoms with E-state index in [-0.39, 0.29) is 0 Å². The highest BCUT2D eigenvalue weighted by atomic mass is 16.5. The smallest absolute Gasteiger partial charge is 0.127 e. The van der Waals surface area contributed by atoms with Crippen molar-refractivity contribution in [3.05, 3.63) is 42.0 Å². The van der Waals surface area contributed by atoms with Crippen LogP contribution in [0.5, 0.6) is 5.75 Å². The lowest BCUT2D eigenvalue weighted by Gasteiger charge is -2.06. The molecule has 2 heteroatoms. The van der Waals surface area contributed by atoms with Gasteiger partial charge in [0.2, 0.25) is 0 Å². The molecule has 2 nitrogen and oxygen atoms in total. The van der Waals surface area contributed by atoms with Gasteiger partial charge in [-0.3, -0.25) is 0 Å². The van der Waals surface area contributed by atoms with E-state index in [2.05, 4.69) is 50.2 Å². The molecular weight excluding hydrogens is 224 g/mol. The summed E-state index contributed by atoms with van der Waals surface area (Å²) in [5.41, 5.74) is 3.72. The summed E-state index contributed by atoms with van der Waals surface area (Å²) >= 11 is 0. The van der Waals surface area contributed by atoms with E-state index in [9.17, 15) is 0 Å². The minimum absolute atomic E-state index is 0.516. The van der Waals surface area contributed by atoms with Crippen molar-refractivity contribution in [1.82, 2.24) is 0 Å². The first-order valence-electron chi connectivity index (χ1n) is 6.37. The first kappa shape index (κ1) is 12.9. The molecule has 0 heterocycles. The average molecular weight is 244 g/mol. The Morgan fingerprint density at radius 1 is 1.06 bits per heavy atom. The second kappa shape index (κ2) is 5.87. The topological polar surface area (TPSA) is 18.5 Å². The van der Waals surface area contributed by atoms with Crippen molar-refractivity contribution >= 4 is 0 Å². The fourth-order valence-electron chi connectivity index (χ4n) is 1.99. The summed E-state index contributed by atoms with van der Waals surface area (Å²) in [6.07, 6.45) is 0. The number of ether oxygens (including phenoxy) is 2. The summed E-state index contributed by atoms with van der Waals surface area (Å²) in [5, 5.41) is 0. The third-order valence-corrected chi connectivity index (χ3v) is 3.08. The molecule has 0 saturated heterocycles. The molecule has 2 aliphatic carbocycles. The molecule has 0 aliphatic heterocycles. The summed E-state index contributed by atoms with van der Waals surface area (Å²) in [5.74, 6) is 1.45. The van der Waals surface area contributed by atoms with E-state index in [0.717, 1.165) is 11.3 Å². The molecule has 0 amide bonds. The lowest BCUT2D eigenvalue weighted by Crippen LogP contribution is -2.04. The van der Waals surface area contributed by atoms with Gasteiger partial charge in [0, 0.05) is 12.7 Å². The normalized spacial score (nSPS) is 11.1. The number of rotatable bonds is 5. The second-order valence-corrected chi connectivity index (χ2v) is 4.73. The monoisotopic (exact) mass is 244 g/mol. The minimum atomic E-state index is 0.516. The zero-order valence-corrected chi connectivity index (χ0v) is 11.3. The standard InChI is InChI=1S/C16H20O2/c1-12(2)13-7-8-16(18-10-9-17-3)15-6-4-5-14(15)11-13/h4-8,11-12H,9-10H2,1-3H3. The molecule has 0 radical (unpaired) electrons. The molecule has 0 aromatic heterocycles. The zero-order valence-electron chi connectivity index (χ0n) is 11.3. The first-order chi connectivity index (χ1) is 8.72. The van der Waals surface area contributed by atoms with Gasteiger partial charge in [0.05, 0.1) is 6.61 Å².